The van der Waals surface area contributed by atoms with Gasteiger partial charge in [-0.05, 0) is 37.5 Å². The number of hydrogen-bond donors (Lipinski definition) is 2. The van der Waals surface area contributed by atoms with Crippen molar-refractivity contribution in [3.8, 4) is 0 Å². The zero-order chi connectivity index (χ0) is 15.1. The lowest BCUT2D eigenvalue weighted by atomic mass is 10.1. The van der Waals surface area contributed by atoms with Crippen LogP contribution < -0.4 is 10.6 Å². The van der Waals surface area contributed by atoms with Gasteiger partial charge in [0.2, 0.25) is 11.8 Å². The van der Waals surface area contributed by atoms with Crippen LogP contribution in [0.4, 0.5) is 5.69 Å². The second-order valence-corrected chi connectivity index (χ2v) is 4.81. The Morgan fingerprint density at radius 1 is 1.15 bits per heavy atom. The summed E-state index contributed by atoms with van der Waals surface area (Å²) in [4.78, 5) is 33.3. The van der Waals surface area contributed by atoms with Gasteiger partial charge in [-0.3, -0.25) is 14.4 Å². The molecule has 20 heavy (non-hydrogen) atoms. The first kappa shape index (κ1) is 15.9. The lowest BCUT2D eigenvalue weighted by Crippen LogP contribution is -2.22. The van der Waals surface area contributed by atoms with Crippen molar-refractivity contribution >= 4 is 23.3 Å². The lowest BCUT2D eigenvalue weighted by Gasteiger charge is -2.10. The molecule has 0 bridgehead atoms. The molecule has 5 heteroatoms. The fourth-order valence-electron chi connectivity index (χ4n) is 1.76. The smallest absolute Gasteiger partial charge is 0.231 e. The maximum Gasteiger partial charge on any atom is 0.231 e. The second kappa shape index (κ2) is 7.43. The van der Waals surface area contributed by atoms with Crippen molar-refractivity contribution in [1.29, 1.82) is 0 Å². The monoisotopic (exact) mass is 276 g/mol. The molecule has 0 aliphatic carbocycles. The Kier molecular flexibility index (Phi) is 5.90. The van der Waals surface area contributed by atoms with Crippen LogP contribution in [-0.4, -0.2) is 24.1 Å². The maximum atomic E-state index is 11.6. The molecule has 0 aromatic heterocycles. The Labute approximate surface area is 118 Å². The third-order valence-electron chi connectivity index (χ3n) is 2.77. The highest BCUT2D eigenvalue weighted by Gasteiger charge is 2.08. The SMILES string of the molecule is CC(=O)CC(=O)Nc1cc(CCNC(C)=O)ccc1C. The number of hydrogen-bond acceptors (Lipinski definition) is 3. The minimum atomic E-state index is -0.306. The maximum absolute atomic E-state index is 11.6. The van der Waals surface area contributed by atoms with Gasteiger partial charge in [-0.2, -0.15) is 0 Å². The molecule has 0 fully saturated rings. The summed E-state index contributed by atoms with van der Waals surface area (Å²) in [6, 6.07) is 5.74. The van der Waals surface area contributed by atoms with Crippen molar-refractivity contribution < 1.29 is 14.4 Å². The Morgan fingerprint density at radius 3 is 2.45 bits per heavy atom. The van der Waals surface area contributed by atoms with Crippen molar-refractivity contribution in [2.24, 2.45) is 0 Å². The fourth-order valence-corrected chi connectivity index (χ4v) is 1.76. The van der Waals surface area contributed by atoms with E-state index in [1.54, 1.807) is 0 Å². The van der Waals surface area contributed by atoms with Crippen LogP contribution in [0.1, 0.15) is 31.4 Å². The van der Waals surface area contributed by atoms with E-state index in [9.17, 15) is 14.4 Å². The average molecular weight is 276 g/mol. The number of carbonyl (C=O) groups excluding carboxylic acids is 3. The van der Waals surface area contributed by atoms with Crippen molar-refractivity contribution in [3.05, 3.63) is 29.3 Å². The number of rotatable bonds is 6. The van der Waals surface area contributed by atoms with E-state index in [1.165, 1.54) is 13.8 Å². The van der Waals surface area contributed by atoms with Gasteiger partial charge in [-0.1, -0.05) is 12.1 Å². The first-order chi connectivity index (χ1) is 9.38. The van der Waals surface area contributed by atoms with Crippen molar-refractivity contribution in [3.63, 3.8) is 0 Å². The first-order valence-electron chi connectivity index (χ1n) is 6.51. The Bertz CT molecular complexity index is 524. The number of anilines is 1. The highest BCUT2D eigenvalue weighted by molar-refractivity contribution is 6.03. The molecule has 0 heterocycles. The van der Waals surface area contributed by atoms with E-state index in [1.807, 2.05) is 25.1 Å². The standard InChI is InChI=1S/C15H20N2O3/c1-10-4-5-13(6-7-16-12(3)19)9-14(10)17-15(20)8-11(2)18/h4-5,9H,6-8H2,1-3H3,(H,16,19)(H,17,20). The molecule has 1 rings (SSSR count). The molecule has 0 saturated carbocycles. The van der Waals surface area contributed by atoms with E-state index in [0.717, 1.165) is 11.1 Å². The normalized spacial score (nSPS) is 9.95. The van der Waals surface area contributed by atoms with Gasteiger partial charge in [0.05, 0.1) is 6.42 Å². The summed E-state index contributed by atoms with van der Waals surface area (Å²) in [5.41, 5.74) is 2.66. The van der Waals surface area contributed by atoms with Crippen molar-refractivity contribution in [1.82, 2.24) is 5.32 Å². The van der Waals surface area contributed by atoms with Gasteiger partial charge in [0.15, 0.2) is 0 Å². The molecular formula is C15H20N2O3. The number of ketones is 1. The third kappa shape index (κ3) is 5.65. The molecular weight excluding hydrogens is 256 g/mol. The van der Waals surface area contributed by atoms with Crippen LogP contribution >= 0.6 is 0 Å². The lowest BCUT2D eigenvalue weighted by molar-refractivity contribution is -0.124. The van der Waals surface area contributed by atoms with E-state index in [2.05, 4.69) is 10.6 Å². The number of benzene rings is 1. The van der Waals surface area contributed by atoms with Crippen molar-refractivity contribution in [2.75, 3.05) is 11.9 Å². The Hall–Kier alpha value is -2.17. The predicted octanol–water partition coefficient (Wildman–Crippen LogP) is 1.59. The summed E-state index contributed by atoms with van der Waals surface area (Å²) >= 11 is 0. The molecule has 0 aliphatic heterocycles. The largest absolute Gasteiger partial charge is 0.356 e. The van der Waals surface area contributed by atoms with Gasteiger partial charge in [-0.25, -0.2) is 0 Å². The molecule has 2 amide bonds. The summed E-state index contributed by atoms with van der Waals surface area (Å²) in [6.07, 6.45) is 0.574. The molecule has 108 valence electrons. The van der Waals surface area contributed by atoms with E-state index in [0.29, 0.717) is 18.7 Å². The minimum Gasteiger partial charge on any atom is -0.356 e. The zero-order valence-electron chi connectivity index (χ0n) is 12.1. The molecule has 5 nitrogen and oxygen atoms in total. The van der Waals surface area contributed by atoms with Crippen LogP contribution in [-0.2, 0) is 20.8 Å². The molecule has 0 unspecified atom stereocenters. The van der Waals surface area contributed by atoms with Crippen LogP contribution in [0, 0.1) is 6.92 Å². The Morgan fingerprint density at radius 2 is 1.85 bits per heavy atom. The summed E-state index contributed by atoms with van der Waals surface area (Å²) < 4.78 is 0. The molecule has 1 aromatic rings. The fraction of sp³-hybridized carbons (Fsp3) is 0.400. The molecule has 1 aromatic carbocycles. The summed E-state index contributed by atoms with van der Waals surface area (Å²) in [5.74, 6) is -0.534. The average Bonchev–Trinajstić information content (AvgIpc) is 2.31. The van der Waals surface area contributed by atoms with Crippen LogP contribution in [0.2, 0.25) is 0 Å². The van der Waals surface area contributed by atoms with Crippen LogP contribution in [0.5, 0.6) is 0 Å². The molecule has 0 aliphatic rings. The van der Waals surface area contributed by atoms with Gasteiger partial charge in [-0.15, -0.1) is 0 Å². The quantitative estimate of drug-likeness (QED) is 0.775. The van der Waals surface area contributed by atoms with Crippen molar-refractivity contribution in [2.45, 2.75) is 33.6 Å². The summed E-state index contributed by atoms with van der Waals surface area (Å²) in [5, 5.41) is 5.46. The van der Waals surface area contributed by atoms with E-state index < -0.39 is 0 Å². The highest BCUT2D eigenvalue weighted by Crippen LogP contribution is 2.17. The van der Waals surface area contributed by atoms with Gasteiger partial charge < -0.3 is 10.6 Å². The highest BCUT2D eigenvalue weighted by atomic mass is 16.2. The first-order valence-corrected chi connectivity index (χ1v) is 6.51. The van der Waals surface area contributed by atoms with E-state index in [-0.39, 0.29) is 24.0 Å². The Balaban J connectivity index is 2.68. The second-order valence-electron chi connectivity index (χ2n) is 4.81. The van der Waals surface area contributed by atoms with Gasteiger partial charge in [0, 0.05) is 19.2 Å². The molecule has 0 atom stereocenters. The summed E-state index contributed by atoms with van der Waals surface area (Å²) in [6.45, 7) is 5.30. The van der Waals surface area contributed by atoms with Gasteiger partial charge in [0.1, 0.15) is 5.78 Å². The topological polar surface area (TPSA) is 75.3 Å². The number of aryl methyl sites for hydroxylation is 1. The number of carbonyl (C=O) groups is 3. The molecule has 0 saturated heterocycles. The number of nitrogens with one attached hydrogen (secondary N) is 2. The van der Waals surface area contributed by atoms with E-state index >= 15 is 0 Å². The van der Waals surface area contributed by atoms with Crippen LogP contribution in [0.25, 0.3) is 0 Å². The summed E-state index contributed by atoms with van der Waals surface area (Å²) in [7, 11) is 0. The predicted molar refractivity (Wildman–Crippen MR) is 77.5 cm³/mol. The molecule has 0 spiro atoms. The van der Waals surface area contributed by atoms with Crippen LogP contribution in [0.3, 0.4) is 0 Å². The molecule has 2 N–H and O–H groups in total. The van der Waals surface area contributed by atoms with Crippen LogP contribution in [0.15, 0.2) is 18.2 Å². The van der Waals surface area contributed by atoms with Gasteiger partial charge >= 0.3 is 0 Å². The number of Topliss-reactive ketones (excluding diaryl/α,β-unsaturated/α-hetero) is 1. The molecule has 0 radical (unpaired) electrons. The zero-order valence-corrected chi connectivity index (χ0v) is 12.1. The third-order valence-corrected chi connectivity index (χ3v) is 2.77. The van der Waals surface area contributed by atoms with Gasteiger partial charge in [0.25, 0.3) is 0 Å². The number of amides is 2. The minimum absolute atomic E-state index is 0.0629. The van der Waals surface area contributed by atoms with E-state index in [4.69, 9.17) is 0 Å².